The van der Waals surface area contributed by atoms with Crippen LogP contribution in [0.25, 0.3) is 0 Å². The van der Waals surface area contributed by atoms with Gasteiger partial charge in [-0.05, 0) is 37.0 Å². The van der Waals surface area contributed by atoms with Crippen LogP contribution in [0, 0.1) is 0 Å². The predicted molar refractivity (Wildman–Crippen MR) is 47.8 cm³/mol. The van der Waals surface area contributed by atoms with E-state index >= 15 is 0 Å². The van der Waals surface area contributed by atoms with Gasteiger partial charge in [0, 0.05) is 12.1 Å². The van der Waals surface area contributed by atoms with Crippen molar-refractivity contribution in [2.75, 3.05) is 0 Å². The maximum atomic E-state index is 2.55. The quantitative estimate of drug-likeness (QED) is 0.524. The molecule has 0 heterocycles. The van der Waals surface area contributed by atoms with Gasteiger partial charge in [0.1, 0.15) is 0 Å². The zero-order valence-corrected chi connectivity index (χ0v) is 9.46. The molecule has 0 aliphatic carbocycles. The van der Waals surface area contributed by atoms with Crippen LogP contribution in [-0.4, -0.2) is 34.8 Å². The summed E-state index contributed by atoms with van der Waals surface area (Å²) in [5.41, 5.74) is 0. The van der Waals surface area contributed by atoms with Gasteiger partial charge in [-0.15, -0.1) is 0 Å². The van der Waals surface area contributed by atoms with Gasteiger partial charge in [-0.2, -0.15) is 0 Å². The second kappa shape index (κ2) is 4.11. The topological polar surface area (TPSA) is 3.24 Å². The number of hydrogen-bond donors (Lipinski definition) is 0. The second-order valence-electron chi connectivity index (χ2n) is 2.82. The van der Waals surface area contributed by atoms with Gasteiger partial charge in [0.2, 0.25) is 0 Å². The predicted octanol–water partition coefficient (Wildman–Crippen LogP) is 0.00480. The second-order valence-corrected chi connectivity index (χ2v) is 4.87. The van der Waals surface area contributed by atoms with Crippen molar-refractivity contribution in [3.63, 3.8) is 0 Å². The Balaban J connectivity index is 3.82. The van der Waals surface area contributed by atoms with E-state index in [1.165, 1.54) is 0 Å². The Morgan fingerprint density at radius 2 is 1.44 bits per heavy atom. The van der Waals surface area contributed by atoms with Crippen LogP contribution in [0.15, 0.2) is 0 Å². The van der Waals surface area contributed by atoms with E-state index in [1.54, 1.807) is 0 Å². The summed E-state index contributed by atoms with van der Waals surface area (Å²) in [5.74, 6) is 0. The minimum atomic E-state index is 0.532. The first-order valence-corrected chi connectivity index (χ1v) is 7.27. The van der Waals surface area contributed by atoms with Crippen molar-refractivity contribution in [3.8, 4) is 0 Å². The SMILES string of the molecule is CC(C)N([SiH]=[SiH2])C(C)C. The Bertz CT molecular complexity index is 83.1. The fraction of sp³-hybridized carbons (Fsp3) is 1.00. The fourth-order valence-corrected chi connectivity index (χ4v) is 4.39. The van der Waals surface area contributed by atoms with E-state index in [-0.39, 0.29) is 0 Å². The van der Waals surface area contributed by atoms with Gasteiger partial charge in [0.05, 0.1) is 8.77 Å². The van der Waals surface area contributed by atoms with Crippen LogP contribution >= 0.6 is 0 Å². The standard InChI is InChI=1S/C6H17NSi2/c1-5(2)7(9-8)6(3)4/h5-6,9H,8H2,1-4H3. The molecule has 0 bridgehead atoms. The van der Waals surface area contributed by atoms with Crippen LogP contribution in [0.5, 0.6) is 0 Å². The molecule has 0 aromatic heterocycles. The summed E-state index contributed by atoms with van der Waals surface area (Å²) < 4.78 is 2.55. The number of hydrogen-bond acceptors (Lipinski definition) is 1. The highest BCUT2D eigenvalue weighted by Crippen LogP contribution is 1.98. The van der Waals surface area contributed by atoms with E-state index in [9.17, 15) is 0 Å². The van der Waals surface area contributed by atoms with Gasteiger partial charge in [-0.3, -0.25) is 0 Å². The molecule has 0 spiro atoms. The highest BCUT2D eigenvalue weighted by Gasteiger charge is 2.05. The molecule has 0 aliphatic heterocycles. The lowest BCUT2D eigenvalue weighted by Crippen LogP contribution is -2.36. The molecule has 0 saturated carbocycles. The third kappa shape index (κ3) is 3.06. The van der Waals surface area contributed by atoms with Crippen molar-refractivity contribution in [1.82, 2.24) is 4.57 Å². The van der Waals surface area contributed by atoms with Crippen molar-refractivity contribution < 1.29 is 0 Å². The van der Waals surface area contributed by atoms with Crippen LogP contribution in [0.3, 0.4) is 0 Å². The summed E-state index contributed by atoms with van der Waals surface area (Å²) in [6, 6.07) is 1.47. The van der Waals surface area contributed by atoms with Crippen LogP contribution in [0.2, 0.25) is 0 Å². The Morgan fingerprint density at radius 1 is 1.11 bits per heavy atom. The summed E-state index contributed by atoms with van der Waals surface area (Å²) in [6.45, 7) is 9.06. The molecule has 9 heavy (non-hydrogen) atoms. The maximum Gasteiger partial charge on any atom is 0.0732 e. The highest BCUT2D eigenvalue weighted by molar-refractivity contribution is 6.59. The van der Waals surface area contributed by atoms with E-state index in [1.807, 2.05) is 0 Å². The summed E-state index contributed by atoms with van der Waals surface area (Å²) in [4.78, 5) is 0. The zero-order chi connectivity index (χ0) is 7.44. The summed E-state index contributed by atoms with van der Waals surface area (Å²) in [7, 11) is 2.64. The Morgan fingerprint density at radius 3 is 1.44 bits per heavy atom. The van der Waals surface area contributed by atoms with Gasteiger partial charge in [0.15, 0.2) is 0 Å². The molecule has 0 aliphatic rings. The molecule has 3 heteroatoms. The molecule has 0 aromatic carbocycles. The molecule has 0 saturated heterocycles. The first-order chi connectivity index (χ1) is 4.09. The highest BCUT2D eigenvalue weighted by atomic mass is 28.8. The van der Waals surface area contributed by atoms with Crippen molar-refractivity contribution >= 4 is 18.1 Å². The molecule has 0 N–H and O–H groups in total. The van der Waals surface area contributed by atoms with Gasteiger partial charge in [0.25, 0.3) is 0 Å². The van der Waals surface area contributed by atoms with Gasteiger partial charge in [-0.1, -0.05) is 0 Å². The number of nitrogens with zero attached hydrogens (tertiary/aromatic N) is 1. The Labute approximate surface area is 63.1 Å². The van der Waals surface area contributed by atoms with Crippen LogP contribution < -0.4 is 0 Å². The summed E-state index contributed by atoms with van der Waals surface area (Å²) in [5, 5.41) is 0. The third-order valence-corrected chi connectivity index (χ3v) is 4.28. The van der Waals surface area contributed by atoms with Crippen LogP contribution in [-0.2, 0) is 0 Å². The van der Waals surface area contributed by atoms with E-state index in [4.69, 9.17) is 0 Å². The molecule has 0 fully saturated rings. The van der Waals surface area contributed by atoms with Gasteiger partial charge in [-0.25, -0.2) is 0 Å². The fourth-order valence-electron chi connectivity index (χ4n) is 1.02. The average molecular weight is 159 g/mol. The minimum Gasteiger partial charge on any atom is -0.409 e. The maximum absolute atomic E-state index is 2.55. The molecule has 0 amide bonds. The van der Waals surface area contributed by atoms with Crippen molar-refractivity contribution in [2.24, 2.45) is 0 Å². The molecule has 0 rings (SSSR count). The monoisotopic (exact) mass is 159 g/mol. The lowest BCUT2D eigenvalue weighted by molar-refractivity contribution is 0.319. The van der Waals surface area contributed by atoms with Crippen molar-refractivity contribution in [3.05, 3.63) is 0 Å². The number of rotatable bonds is 3. The largest absolute Gasteiger partial charge is 0.409 e. The Hall–Kier alpha value is 0.234. The molecular formula is C6H17NSi2. The normalized spacial score (nSPS) is 10.4. The molecule has 54 valence electrons. The first-order valence-electron chi connectivity index (χ1n) is 3.49. The van der Waals surface area contributed by atoms with Crippen molar-refractivity contribution in [2.45, 2.75) is 39.8 Å². The Kier molecular flexibility index (Phi) is 4.22. The van der Waals surface area contributed by atoms with Gasteiger partial charge >= 0.3 is 0 Å². The lowest BCUT2D eigenvalue weighted by atomic mass is 10.3. The zero-order valence-electron chi connectivity index (χ0n) is 6.89. The molecule has 0 aromatic rings. The lowest BCUT2D eigenvalue weighted by Gasteiger charge is -2.29. The molecule has 0 unspecified atom stereocenters. The smallest absolute Gasteiger partial charge is 0.0732 e. The molecule has 1 nitrogen and oxygen atoms in total. The molecular weight excluding hydrogens is 142 g/mol. The van der Waals surface area contributed by atoms with Crippen LogP contribution in [0.1, 0.15) is 27.7 Å². The van der Waals surface area contributed by atoms with E-state index in [2.05, 4.69) is 41.6 Å². The first kappa shape index (κ1) is 9.23. The molecule has 0 atom stereocenters. The average Bonchev–Trinajstić information content (AvgIpc) is 1.64. The van der Waals surface area contributed by atoms with E-state index in [0.29, 0.717) is 8.77 Å². The van der Waals surface area contributed by atoms with Crippen molar-refractivity contribution in [1.29, 1.82) is 0 Å². The third-order valence-electron chi connectivity index (χ3n) is 1.40. The summed E-state index contributed by atoms with van der Waals surface area (Å²) >= 11 is 0. The van der Waals surface area contributed by atoms with E-state index < -0.39 is 0 Å². The van der Waals surface area contributed by atoms with Gasteiger partial charge < -0.3 is 4.57 Å². The van der Waals surface area contributed by atoms with E-state index in [0.717, 1.165) is 12.1 Å². The van der Waals surface area contributed by atoms with Crippen LogP contribution in [0.4, 0.5) is 0 Å². The molecule has 0 radical (unpaired) electrons. The minimum absolute atomic E-state index is 0.532. The summed E-state index contributed by atoms with van der Waals surface area (Å²) in [6.07, 6.45) is 0.